The molecule has 0 aromatic carbocycles. The summed E-state index contributed by atoms with van der Waals surface area (Å²) in [6.07, 6.45) is 5.24. The highest BCUT2D eigenvalue weighted by Crippen LogP contribution is 2.36. The summed E-state index contributed by atoms with van der Waals surface area (Å²) in [4.78, 5) is 20.4. The number of carbonyl (C=O) groups excluding carboxylic acids is 1. The Morgan fingerprint density at radius 3 is 3.00 bits per heavy atom. The molecular weight excluding hydrogens is 248 g/mol. The lowest BCUT2D eigenvalue weighted by Crippen LogP contribution is -2.12. The minimum atomic E-state index is -0.335. The van der Waals surface area contributed by atoms with E-state index in [4.69, 9.17) is 4.74 Å². The van der Waals surface area contributed by atoms with Crippen LogP contribution in [-0.2, 0) is 4.74 Å². The fourth-order valence-electron chi connectivity index (χ4n) is 1.99. The Labute approximate surface area is 112 Å². The van der Waals surface area contributed by atoms with Gasteiger partial charge in [0.25, 0.3) is 0 Å². The van der Waals surface area contributed by atoms with E-state index in [0.29, 0.717) is 23.1 Å². The summed E-state index contributed by atoms with van der Waals surface area (Å²) in [5, 5.41) is 0.383. The molecule has 1 fully saturated rings. The van der Waals surface area contributed by atoms with Crippen molar-refractivity contribution >= 4 is 17.7 Å². The third kappa shape index (κ3) is 3.02. The van der Waals surface area contributed by atoms with Crippen molar-refractivity contribution in [1.82, 2.24) is 9.97 Å². The van der Waals surface area contributed by atoms with Gasteiger partial charge in [0.15, 0.2) is 0 Å². The quantitative estimate of drug-likeness (QED) is 0.787. The van der Waals surface area contributed by atoms with Crippen LogP contribution in [0, 0.1) is 6.92 Å². The van der Waals surface area contributed by atoms with Crippen LogP contribution in [0.25, 0.3) is 0 Å². The summed E-state index contributed by atoms with van der Waals surface area (Å²) in [7, 11) is 0. The highest BCUT2D eigenvalue weighted by molar-refractivity contribution is 7.99. The first kappa shape index (κ1) is 13.3. The third-order valence-electron chi connectivity index (χ3n) is 2.96. The van der Waals surface area contributed by atoms with E-state index in [9.17, 15) is 4.79 Å². The van der Waals surface area contributed by atoms with Gasteiger partial charge in [-0.2, -0.15) is 11.8 Å². The number of nitrogens with zero attached hydrogens (tertiary/aromatic N) is 2. The molecule has 0 amide bonds. The van der Waals surface area contributed by atoms with Gasteiger partial charge in [-0.05, 0) is 32.4 Å². The van der Waals surface area contributed by atoms with Crippen LogP contribution in [0.2, 0.25) is 0 Å². The first-order chi connectivity index (χ1) is 8.72. The Morgan fingerprint density at radius 2 is 2.39 bits per heavy atom. The molecule has 1 aliphatic rings. The summed E-state index contributed by atoms with van der Waals surface area (Å²) >= 11 is 1.91. The summed E-state index contributed by atoms with van der Waals surface area (Å²) < 4.78 is 4.97. The van der Waals surface area contributed by atoms with E-state index in [0.717, 1.165) is 12.2 Å². The normalized spacial score (nSPS) is 19.6. The highest BCUT2D eigenvalue weighted by Gasteiger charge is 2.20. The van der Waals surface area contributed by atoms with Crippen LogP contribution in [-0.4, -0.2) is 28.3 Å². The van der Waals surface area contributed by atoms with E-state index in [1.807, 2.05) is 18.7 Å². The van der Waals surface area contributed by atoms with Crippen molar-refractivity contribution in [3.63, 3.8) is 0 Å². The van der Waals surface area contributed by atoms with Crippen molar-refractivity contribution < 1.29 is 9.53 Å². The molecule has 0 radical (unpaired) electrons. The van der Waals surface area contributed by atoms with Crippen molar-refractivity contribution in [2.75, 3.05) is 12.4 Å². The van der Waals surface area contributed by atoms with Crippen molar-refractivity contribution in [2.24, 2.45) is 0 Å². The molecule has 2 rings (SSSR count). The number of aromatic nitrogens is 2. The zero-order chi connectivity index (χ0) is 13.0. The molecule has 1 saturated heterocycles. The minimum absolute atomic E-state index is 0.335. The molecule has 0 bridgehead atoms. The standard InChI is InChI=1S/C13H18N2O2S/c1-3-17-13(16)10-8-14-12(15-9(10)2)11-6-4-5-7-18-11/h8,11H,3-7H2,1-2H3. The maximum atomic E-state index is 11.6. The van der Waals surface area contributed by atoms with Crippen molar-refractivity contribution in [3.05, 3.63) is 23.3 Å². The van der Waals surface area contributed by atoms with E-state index in [2.05, 4.69) is 9.97 Å². The molecule has 98 valence electrons. The fourth-order valence-corrected chi connectivity index (χ4v) is 3.25. The number of ether oxygens (including phenoxy) is 1. The molecule has 18 heavy (non-hydrogen) atoms. The molecule has 1 unspecified atom stereocenters. The van der Waals surface area contributed by atoms with Gasteiger partial charge in [-0.15, -0.1) is 0 Å². The number of aryl methyl sites for hydroxylation is 1. The van der Waals surface area contributed by atoms with Gasteiger partial charge in [-0.3, -0.25) is 0 Å². The van der Waals surface area contributed by atoms with Crippen LogP contribution in [0.1, 0.15) is 53.3 Å². The fraction of sp³-hybridized carbons (Fsp3) is 0.615. The Balaban J connectivity index is 2.16. The minimum Gasteiger partial charge on any atom is -0.462 e. The second kappa shape index (κ2) is 6.18. The molecule has 1 aromatic rings. The Bertz CT molecular complexity index is 431. The zero-order valence-corrected chi connectivity index (χ0v) is 11.6. The van der Waals surface area contributed by atoms with Crippen LogP contribution in [0.3, 0.4) is 0 Å². The predicted molar refractivity (Wildman–Crippen MR) is 71.8 cm³/mol. The lowest BCUT2D eigenvalue weighted by atomic mass is 10.1. The summed E-state index contributed by atoms with van der Waals surface area (Å²) in [6.45, 7) is 4.00. The van der Waals surface area contributed by atoms with Crippen LogP contribution >= 0.6 is 11.8 Å². The number of hydrogen-bond donors (Lipinski definition) is 0. The Hall–Kier alpha value is -1.10. The molecule has 4 nitrogen and oxygen atoms in total. The second-order valence-corrected chi connectivity index (χ2v) is 5.61. The van der Waals surface area contributed by atoms with Gasteiger partial charge in [-0.1, -0.05) is 6.42 Å². The van der Waals surface area contributed by atoms with Gasteiger partial charge in [0.1, 0.15) is 5.82 Å². The van der Waals surface area contributed by atoms with E-state index in [1.165, 1.54) is 18.6 Å². The molecule has 1 aliphatic heterocycles. The monoisotopic (exact) mass is 266 g/mol. The number of rotatable bonds is 3. The van der Waals surface area contributed by atoms with E-state index in [-0.39, 0.29) is 5.97 Å². The summed E-state index contributed by atoms with van der Waals surface area (Å²) in [5.74, 6) is 1.69. The van der Waals surface area contributed by atoms with Crippen LogP contribution in [0.15, 0.2) is 6.20 Å². The Kier molecular flexibility index (Phi) is 4.58. The Morgan fingerprint density at radius 1 is 1.56 bits per heavy atom. The SMILES string of the molecule is CCOC(=O)c1cnc(C2CCCCS2)nc1C. The molecular formula is C13H18N2O2S. The molecule has 5 heteroatoms. The summed E-state index contributed by atoms with van der Waals surface area (Å²) in [5.41, 5.74) is 1.19. The van der Waals surface area contributed by atoms with Crippen LogP contribution < -0.4 is 0 Å². The predicted octanol–water partition coefficient (Wildman–Crippen LogP) is 2.92. The maximum Gasteiger partial charge on any atom is 0.341 e. The van der Waals surface area contributed by atoms with Crippen LogP contribution in [0.4, 0.5) is 0 Å². The van der Waals surface area contributed by atoms with Crippen molar-refractivity contribution in [2.45, 2.75) is 38.4 Å². The maximum absolute atomic E-state index is 11.6. The van der Waals surface area contributed by atoms with E-state index >= 15 is 0 Å². The summed E-state index contributed by atoms with van der Waals surface area (Å²) in [6, 6.07) is 0. The topological polar surface area (TPSA) is 52.1 Å². The smallest absolute Gasteiger partial charge is 0.341 e. The lowest BCUT2D eigenvalue weighted by molar-refractivity contribution is 0.0524. The molecule has 0 aliphatic carbocycles. The number of carbonyl (C=O) groups is 1. The van der Waals surface area contributed by atoms with Crippen molar-refractivity contribution in [1.29, 1.82) is 0 Å². The first-order valence-electron chi connectivity index (χ1n) is 6.34. The molecule has 0 spiro atoms. The van der Waals surface area contributed by atoms with E-state index < -0.39 is 0 Å². The molecule has 0 N–H and O–H groups in total. The third-order valence-corrected chi connectivity index (χ3v) is 4.33. The number of thioether (sulfide) groups is 1. The molecule has 1 aromatic heterocycles. The largest absolute Gasteiger partial charge is 0.462 e. The average Bonchev–Trinajstić information content (AvgIpc) is 2.40. The highest BCUT2D eigenvalue weighted by atomic mass is 32.2. The van der Waals surface area contributed by atoms with Gasteiger partial charge >= 0.3 is 5.97 Å². The second-order valence-electron chi connectivity index (χ2n) is 4.30. The van der Waals surface area contributed by atoms with Gasteiger partial charge in [-0.25, -0.2) is 14.8 Å². The van der Waals surface area contributed by atoms with E-state index in [1.54, 1.807) is 13.1 Å². The number of esters is 1. The van der Waals surface area contributed by atoms with Crippen molar-refractivity contribution in [3.8, 4) is 0 Å². The number of hydrogen-bond acceptors (Lipinski definition) is 5. The van der Waals surface area contributed by atoms with Gasteiger partial charge in [0, 0.05) is 6.20 Å². The van der Waals surface area contributed by atoms with Gasteiger partial charge in [0.2, 0.25) is 0 Å². The van der Waals surface area contributed by atoms with Gasteiger partial charge < -0.3 is 4.74 Å². The van der Waals surface area contributed by atoms with Gasteiger partial charge in [0.05, 0.1) is 23.1 Å². The average molecular weight is 266 g/mol. The molecule has 0 saturated carbocycles. The zero-order valence-electron chi connectivity index (χ0n) is 10.8. The first-order valence-corrected chi connectivity index (χ1v) is 7.39. The molecule has 2 heterocycles. The van der Waals surface area contributed by atoms with Crippen LogP contribution in [0.5, 0.6) is 0 Å². The lowest BCUT2D eigenvalue weighted by Gasteiger charge is -2.20. The molecule has 1 atom stereocenters.